The van der Waals surface area contributed by atoms with Gasteiger partial charge in [0.15, 0.2) is 5.17 Å². The van der Waals surface area contributed by atoms with Gasteiger partial charge in [0.2, 0.25) is 0 Å². The fourth-order valence-electron chi connectivity index (χ4n) is 1.76. The quantitative estimate of drug-likeness (QED) is 0.653. The lowest BCUT2D eigenvalue weighted by molar-refractivity contribution is -0.157. The molecular weight excluding hydrogens is 235 g/mol. The second kappa shape index (κ2) is 4.48. The summed E-state index contributed by atoms with van der Waals surface area (Å²) in [6, 6.07) is -0.514. The molecule has 92 valence electrons. The van der Waals surface area contributed by atoms with Gasteiger partial charge in [-0.2, -0.15) is 0 Å². The maximum Gasteiger partial charge on any atom is 0.161 e. The molecule has 0 unspecified atom stereocenters. The molecule has 1 saturated heterocycles. The summed E-state index contributed by atoms with van der Waals surface area (Å²) in [5.41, 5.74) is -0.406. The number of halogens is 1. The summed E-state index contributed by atoms with van der Waals surface area (Å²) >= 11 is 1.34. The van der Waals surface area contributed by atoms with Crippen LogP contribution in [-0.2, 0) is 4.74 Å². The van der Waals surface area contributed by atoms with E-state index in [1.165, 1.54) is 11.8 Å². The Hall–Kier alpha value is -0.370. The van der Waals surface area contributed by atoms with Gasteiger partial charge in [-0.3, -0.25) is 4.99 Å². The lowest BCUT2D eigenvalue weighted by atomic mass is 9.99. The Morgan fingerprint density at radius 1 is 1.44 bits per heavy atom. The molecular formula is C9H15FN2O3S. The van der Waals surface area contributed by atoms with E-state index in [9.17, 15) is 14.6 Å². The molecule has 0 aromatic carbocycles. The first-order valence-electron chi connectivity index (χ1n) is 5.04. The number of rotatable bonds is 1. The molecule has 2 N–H and O–H groups in total. The Kier molecular flexibility index (Phi) is 3.39. The SMILES string of the molecule is CN(C)C1=N[C@@H]2[C@@H](O)[C@H](O)[C@@H](CF)O[C@@H]2S1. The highest BCUT2D eigenvalue weighted by atomic mass is 32.2. The van der Waals surface area contributed by atoms with Crippen molar-refractivity contribution < 1.29 is 19.3 Å². The number of hydrogen-bond acceptors (Lipinski definition) is 6. The highest BCUT2D eigenvalue weighted by Gasteiger charge is 2.48. The highest BCUT2D eigenvalue weighted by molar-refractivity contribution is 8.14. The number of ether oxygens (including phenoxy) is 1. The van der Waals surface area contributed by atoms with Crippen molar-refractivity contribution in [3.63, 3.8) is 0 Å². The number of thioether (sulfide) groups is 1. The molecule has 0 aromatic rings. The van der Waals surface area contributed by atoms with Crippen LogP contribution < -0.4 is 0 Å². The number of nitrogens with zero attached hydrogens (tertiary/aromatic N) is 2. The average Bonchev–Trinajstić information content (AvgIpc) is 2.67. The molecule has 0 spiro atoms. The van der Waals surface area contributed by atoms with Crippen molar-refractivity contribution in [3.8, 4) is 0 Å². The lowest BCUT2D eigenvalue weighted by Crippen LogP contribution is -2.55. The van der Waals surface area contributed by atoms with Crippen LogP contribution in [0.5, 0.6) is 0 Å². The number of aliphatic hydroxyl groups is 2. The van der Waals surface area contributed by atoms with E-state index < -0.39 is 36.5 Å². The van der Waals surface area contributed by atoms with E-state index in [-0.39, 0.29) is 0 Å². The lowest BCUT2D eigenvalue weighted by Gasteiger charge is -2.36. The number of fused-ring (bicyclic) bond motifs is 1. The standard InChI is InChI=1S/C9H15FN2O3S/c1-12(2)9-11-5-7(14)6(13)4(3-10)15-8(5)16-9/h4-8,13-14H,3H2,1-2H3/t4-,5-,6-,7-,8-/m1/s1. The van der Waals surface area contributed by atoms with E-state index in [1.807, 2.05) is 14.1 Å². The third-order valence-corrected chi connectivity index (χ3v) is 3.99. The molecule has 2 aliphatic heterocycles. The largest absolute Gasteiger partial charge is 0.388 e. The zero-order valence-electron chi connectivity index (χ0n) is 9.08. The van der Waals surface area contributed by atoms with Crippen LogP contribution in [0.25, 0.3) is 0 Å². The molecule has 5 nitrogen and oxygen atoms in total. The molecule has 0 bridgehead atoms. The van der Waals surface area contributed by atoms with Gasteiger partial charge in [0, 0.05) is 14.1 Å². The first-order chi connectivity index (χ1) is 7.54. The zero-order valence-corrected chi connectivity index (χ0v) is 9.89. The van der Waals surface area contributed by atoms with Crippen LogP contribution >= 0.6 is 11.8 Å². The Morgan fingerprint density at radius 3 is 2.69 bits per heavy atom. The average molecular weight is 250 g/mol. The minimum absolute atomic E-state index is 0.406. The van der Waals surface area contributed by atoms with Gasteiger partial charge in [-0.25, -0.2) is 4.39 Å². The predicted octanol–water partition coefficient (Wildman–Crippen LogP) is -0.564. The topological polar surface area (TPSA) is 65.3 Å². The third-order valence-electron chi connectivity index (χ3n) is 2.68. The number of hydrogen-bond donors (Lipinski definition) is 2. The summed E-state index contributed by atoms with van der Waals surface area (Å²) in [7, 11) is 3.66. The Balaban J connectivity index is 2.14. The summed E-state index contributed by atoms with van der Waals surface area (Å²) in [5.74, 6) is 0. The summed E-state index contributed by atoms with van der Waals surface area (Å²) in [5, 5.41) is 20.1. The fraction of sp³-hybridized carbons (Fsp3) is 0.889. The van der Waals surface area contributed by atoms with Gasteiger partial charge >= 0.3 is 0 Å². The van der Waals surface area contributed by atoms with Crippen molar-refractivity contribution in [1.82, 2.24) is 4.90 Å². The molecule has 1 fully saturated rings. The second-order valence-corrected chi connectivity index (χ2v) is 5.16. The summed E-state index contributed by atoms with van der Waals surface area (Å²) in [6.07, 6.45) is -3.23. The van der Waals surface area contributed by atoms with E-state index in [1.54, 1.807) is 4.90 Å². The van der Waals surface area contributed by atoms with Gasteiger partial charge in [-0.05, 0) is 0 Å². The second-order valence-electron chi connectivity index (χ2n) is 4.09. The molecule has 2 aliphatic rings. The normalized spacial score (nSPS) is 42.8. The van der Waals surface area contributed by atoms with Crippen molar-refractivity contribution in [1.29, 1.82) is 0 Å². The number of aliphatic imine (C=N–C) groups is 1. The van der Waals surface area contributed by atoms with Gasteiger partial charge < -0.3 is 19.8 Å². The minimum Gasteiger partial charge on any atom is -0.388 e. The molecule has 7 heteroatoms. The Morgan fingerprint density at radius 2 is 2.12 bits per heavy atom. The molecule has 0 saturated carbocycles. The maximum atomic E-state index is 12.6. The van der Waals surface area contributed by atoms with E-state index in [4.69, 9.17) is 4.74 Å². The van der Waals surface area contributed by atoms with Gasteiger partial charge in [0.05, 0.1) is 0 Å². The third kappa shape index (κ3) is 1.92. The van der Waals surface area contributed by atoms with Crippen molar-refractivity contribution in [2.75, 3.05) is 20.8 Å². The first-order valence-corrected chi connectivity index (χ1v) is 5.92. The van der Waals surface area contributed by atoms with Crippen LogP contribution in [0, 0.1) is 0 Å². The van der Waals surface area contributed by atoms with E-state index in [2.05, 4.69) is 4.99 Å². The van der Waals surface area contributed by atoms with Gasteiger partial charge in [-0.15, -0.1) is 0 Å². The first kappa shape index (κ1) is 12.1. The molecule has 0 aliphatic carbocycles. The highest BCUT2D eigenvalue weighted by Crippen LogP contribution is 2.36. The van der Waals surface area contributed by atoms with Crippen LogP contribution in [-0.4, -0.2) is 70.8 Å². The Bertz CT molecular complexity index is 302. The fourth-order valence-corrected chi connectivity index (χ4v) is 2.92. The van der Waals surface area contributed by atoms with Crippen LogP contribution in [0.4, 0.5) is 4.39 Å². The van der Waals surface area contributed by atoms with Crippen LogP contribution in [0.15, 0.2) is 4.99 Å². The predicted molar refractivity (Wildman–Crippen MR) is 59.2 cm³/mol. The van der Waals surface area contributed by atoms with Crippen molar-refractivity contribution >= 4 is 16.9 Å². The molecule has 2 heterocycles. The monoisotopic (exact) mass is 250 g/mol. The van der Waals surface area contributed by atoms with E-state index >= 15 is 0 Å². The van der Waals surface area contributed by atoms with E-state index in [0.29, 0.717) is 0 Å². The number of amidine groups is 1. The molecule has 0 aromatic heterocycles. The molecule has 2 rings (SSSR count). The van der Waals surface area contributed by atoms with Crippen molar-refractivity contribution in [3.05, 3.63) is 0 Å². The zero-order chi connectivity index (χ0) is 11.9. The smallest absolute Gasteiger partial charge is 0.161 e. The van der Waals surface area contributed by atoms with Gasteiger partial charge in [0.1, 0.15) is 36.5 Å². The summed E-state index contributed by atoms with van der Waals surface area (Å²) in [6.45, 7) is -0.806. The van der Waals surface area contributed by atoms with Crippen LogP contribution in [0.3, 0.4) is 0 Å². The molecule has 16 heavy (non-hydrogen) atoms. The van der Waals surface area contributed by atoms with Crippen LogP contribution in [0.1, 0.15) is 0 Å². The van der Waals surface area contributed by atoms with Gasteiger partial charge in [-0.1, -0.05) is 11.8 Å². The van der Waals surface area contributed by atoms with Crippen molar-refractivity contribution in [2.45, 2.75) is 29.8 Å². The Labute approximate surface area is 97.3 Å². The van der Waals surface area contributed by atoms with E-state index in [0.717, 1.165) is 5.17 Å². The molecule has 0 amide bonds. The summed E-state index contributed by atoms with van der Waals surface area (Å²) in [4.78, 5) is 6.06. The molecule has 5 atom stereocenters. The number of alkyl halides is 1. The minimum atomic E-state index is -1.21. The maximum absolute atomic E-state index is 12.6. The summed E-state index contributed by atoms with van der Waals surface area (Å²) < 4.78 is 17.9. The number of aliphatic hydroxyl groups excluding tert-OH is 2. The van der Waals surface area contributed by atoms with Crippen molar-refractivity contribution in [2.24, 2.45) is 4.99 Å². The van der Waals surface area contributed by atoms with Crippen LogP contribution in [0.2, 0.25) is 0 Å². The molecule has 0 radical (unpaired) electrons. The van der Waals surface area contributed by atoms with Gasteiger partial charge in [0.25, 0.3) is 0 Å².